The summed E-state index contributed by atoms with van der Waals surface area (Å²) in [7, 11) is 1.58. The van der Waals surface area contributed by atoms with Crippen molar-refractivity contribution in [1.82, 2.24) is 0 Å². The molecule has 1 atom stereocenters. The molecule has 0 aliphatic heterocycles. The Morgan fingerprint density at radius 3 is 2.10 bits per heavy atom. The summed E-state index contributed by atoms with van der Waals surface area (Å²) in [5, 5.41) is 2.80. The number of hydrogen-bond acceptors (Lipinski definition) is 5. The predicted molar refractivity (Wildman–Crippen MR) is 116 cm³/mol. The molecule has 2 aromatic rings. The van der Waals surface area contributed by atoms with Crippen molar-refractivity contribution in [3.8, 4) is 5.75 Å². The van der Waals surface area contributed by atoms with Crippen LogP contribution in [0.2, 0.25) is 0 Å². The number of anilines is 1. The van der Waals surface area contributed by atoms with Gasteiger partial charge in [-0.1, -0.05) is 32.9 Å². The van der Waals surface area contributed by atoms with Crippen LogP contribution in [0.5, 0.6) is 5.75 Å². The standard InChI is InChI=1S/C24H27NO5/c1-16(30-21(26)15-8-17-6-13-20(29-5)14-7-17)22(27)18-9-11-19(12-10-18)25-23(28)24(2,3)4/h6-16H,1-5H3,(H,25,28)/b15-8+/t16-/m1/s1. The third-order valence-corrected chi connectivity index (χ3v) is 4.30. The minimum Gasteiger partial charge on any atom is -0.497 e. The molecule has 6 heteroatoms. The fourth-order valence-electron chi connectivity index (χ4n) is 2.42. The molecule has 6 nitrogen and oxygen atoms in total. The molecule has 1 amide bonds. The number of Topliss-reactive ketones (excluding diaryl/α,β-unsaturated/α-hetero) is 1. The summed E-state index contributed by atoms with van der Waals surface area (Å²) in [6.07, 6.45) is 1.94. The Kier molecular flexibility index (Phi) is 7.53. The van der Waals surface area contributed by atoms with Gasteiger partial charge in [0, 0.05) is 22.7 Å². The Bertz CT molecular complexity index is 922. The van der Waals surface area contributed by atoms with E-state index in [2.05, 4.69) is 5.32 Å². The Morgan fingerprint density at radius 1 is 0.967 bits per heavy atom. The van der Waals surface area contributed by atoms with Gasteiger partial charge in [0.25, 0.3) is 0 Å². The summed E-state index contributed by atoms with van der Waals surface area (Å²) in [6, 6.07) is 13.7. The van der Waals surface area contributed by atoms with Gasteiger partial charge in [0.05, 0.1) is 7.11 Å². The number of carbonyl (C=O) groups excluding carboxylic acids is 3. The Morgan fingerprint density at radius 2 is 1.57 bits per heavy atom. The number of ether oxygens (including phenoxy) is 2. The van der Waals surface area contributed by atoms with Crippen molar-refractivity contribution in [1.29, 1.82) is 0 Å². The van der Waals surface area contributed by atoms with E-state index < -0.39 is 17.5 Å². The number of ketones is 1. The SMILES string of the molecule is COc1ccc(/C=C/C(=O)O[C@H](C)C(=O)c2ccc(NC(=O)C(C)(C)C)cc2)cc1. The smallest absolute Gasteiger partial charge is 0.331 e. The number of amides is 1. The van der Waals surface area contributed by atoms with Crippen LogP contribution in [-0.4, -0.2) is 30.9 Å². The van der Waals surface area contributed by atoms with Crippen LogP contribution in [0.4, 0.5) is 5.69 Å². The van der Waals surface area contributed by atoms with E-state index in [0.717, 1.165) is 11.3 Å². The molecule has 1 N–H and O–H groups in total. The highest BCUT2D eigenvalue weighted by molar-refractivity contribution is 6.01. The van der Waals surface area contributed by atoms with Crippen LogP contribution in [0.15, 0.2) is 54.6 Å². The van der Waals surface area contributed by atoms with Gasteiger partial charge in [0.2, 0.25) is 11.7 Å². The van der Waals surface area contributed by atoms with E-state index in [4.69, 9.17) is 9.47 Å². The Labute approximate surface area is 176 Å². The van der Waals surface area contributed by atoms with Crippen molar-refractivity contribution in [2.75, 3.05) is 12.4 Å². The number of carbonyl (C=O) groups is 3. The van der Waals surface area contributed by atoms with E-state index in [1.165, 1.54) is 13.0 Å². The Hall–Kier alpha value is -3.41. The molecule has 0 aliphatic carbocycles. The first-order chi connectivity index (χ1) is 14.1. The molecular weight excluding hydrogens is 382 g/mol. The van der Waals surface area contributed by atoms with E-state index in [1.54, 1.807) is 61.7 Å². The van der Waals surface area contributed by atoms with Gasteiger partial charge >= 0.3 is 5.97 Å². The number of esters is 1. The summed E-state index contributed by atoms with van der Waals surface area (Å²) in [4.78, 5) is 36.6. The zero-order chi connectivity index (χ0) is 22.3. The highest BCUT2D eigenvalue weighted by Gasteiger charge is 2.22. The number of methoxy groups -OCH3 is 1. The van der Waals surface area contributed by atoms with Crippen LogP contribution in [0.3, 0.4) is 0 Å². The topological polar surface area (TPSA) is 81.7 Å². The summed E-state index contributed by atoms with van der Waals surface area (Å²) in [5.74, 6) is -0.332. The molecule has 0 radical (unpaired) electrons. The van der Waals surface area contributed by atoms with Crippen LogP contribution in [-0.2, 0) is 14.3 Å². The number of nitrogens with one attached hydrogen (secondary N) is 1. The molecule has 2 rings (SSSR count). The first kappa shape index (κ1) is 22.9. The van der Waals surface area contributed by atoms with Gasteiger partial charge in [-0.2, -0.15) is 0 Å². The first-order valence-electron chi connectivity index (χ1n) is 9.58. The lowest BCUT2D eigenvalue weighted by molar-refractivity contribution is -0.140. The van der Waals surface area contributed by atoms with E-state index in [0.29, 0.717) is 11.3 Å². The first-order valence-corrected chi connectivity index (χ1v) is 9.58. The van der Waals surface area contributed by atoms with E-state index in [1.807, 2.05) is 20.8 Å². The lowest BCUT2D eigenvalue weighted by Crippen LogP contribution is -2.27. The molecule has 2 aromatic carbocycles. The monoisotopic (exact) mass is 409 g/mol. The van der Waals surface area contributed by atoms with E-state index in [-0.39, 0.29) is 11.7 Å². The van der Waals surface area contributed by atoms with Crippen LogP contribution < -0.4 is 10.1 Å². The second-order valence-electron chi connectivity index (χ2n) is 7.83. The van der Waals surface area contributed by atoms with Gasteiger partial charge in [0.15, 0.2) is 6.10 Å². The molecule has 0 saturated heterocycles. The zero-order valence-electron chi connectivity index (χ0n) is 17.9. The quantitative estimate of drug-likeness (QED) is 0.413. The average Bonchev–Trinajstić information content (AvgIpc) is 2.72. The van der Waals surface area contributed by atoms with Crippen molar-refractivity contribution in [3.63, 3.8) is 0 Å². The molecule has 0 spiro atoms. The molecule has 0 heterocycles. The van der Waals surface area contributed by atoms with E-state index in [9.17, 15) is 14.4 Å². The van der Waals surface area contributed by atoms with Gasteiger partial charge in [-0.3, -0.25) is 9.59 Å². The summed E-state index contributed by atoms with van der Waals surface area (Å²) < 4.78 is 10.3. The van der Waals surface area contributed by atoms with Gasteiger partial charge in [-0.15, -0.1) is 0 Å². The maximum Gasteiger partial charge on any atom is 0.331 e. The van der Waals surface area contributed by atoms with Gasteiger partial charge in [-0.05, 0) is 55.0 Å². The molecule has 0 fully saturated rings. The van der Waals surface area contributed by atoms with Crippen molar-refractivity contribution in [2.45, 2.75) is 33.8 Å². The highest BCUT2D eigenvalue weighted by atomic mass is 16.5. The van der Waals surface area contributed by atoms with Crippen LogP contribution in [0.1, 0.15) is 43.6 Å². The highest BCUT2D eigenvalue weighted by Crippen LogP contribution is 2.18. The van der Waals surface area contributed by atoms with Gasteiger partial charge in [0.1, 0.15) is 5.75 Å². The summed E-state index contributed by atoms with van der Waals surface area (Å²) in [6.45, 7) is 6.98. The molecule has 30 heavy (non-hydrogen) atoms. The molecule has 0 aromatic heterocycles. The van der Waals surface area contributed by atoms with Crippen LogP contribution >= 0.6 is 0 Å². The predicted octanol–water partition coefficient (Wildman–Crippen LogP) is 4.51. The second-order valence-corrected chi connectivity index (χ2v) is 7.83. The number of benzene rings is 2. The minimum absolute atomic E-state index is 0.118. The van der Waals surface area contributed by atoms with Crippen LogP contribution in [0, 0.1) is 5.41 Å². The van der Waals surface area contributed by atoms with Crippen molar-refractivity contribution in [3.05, 3.63) is 65.7 Å². The normalized spacial score (nSPS) is 12.3. The average molecular weight is 409 g/mol. The lowest BCUT2D eigenvalue weighted by atomic mass is 9.95. The lowest BCUT2D eigenvalue weighted by Gasteiger charge is -2.18. The van der Waals surface area contributed by atoms with Crippen molar-refractivity contribution < 1.29 is 23.9 Å². The van der Waals surface area contributed by atoms with E-state index >= 15 is 0 Å². The molecule has 158 valence electrons. The van der Waals surface area contributed by atoms with Gasteiger partial charge < -0.3 is 14.8 Å². The summed E-state index contributed by atoms with van der Waals surface area (Å²) >= 11 is 0. The molecule has 0 aliphatic rings. The fraction of sp³-hybridized carbons (Fsp3) is 0.292. The largest absolute Gasteiger partial charge is 0.497 e. The maximum absolute atomic E-state index is 12.5. The molecule has 0 saturated carbocycles. The van der Waals surface area contributed by atoms with Crippen molar-refractivity contribution >= 4 is 29.4 Å². The fourth-order valence-corrected chi connectivity index (χ4v) is 2.42. The van der Waals surface area contributed by atoms with Crippen molar-refractivity contribution in [2.24, 2.45) is 5.41 Å². The molecule has 0 bridgehead atoms. The Balaban J connectivity index is 1.93. The zero-order valence-corrected chi connectivity index (χ0v) is 17.9. The molecule has 0 unspecified atom stereocenters. The van der Waals surface area contributed by atoms with Gasteiger partial charge in [-0.25, -0.2) is 4.79 Å². The number of hydrogen-bond donors (Lipinski definition) is 1. The van der Waals surface area contributed by atoms with Crippen LogP contribution in [0.25, 0.3) is 6.08 Å². The third kappa shape index (κ3) is 6.58. The summed E-state index contributed by atoms with van der Waals surface area (Å²) in [5.41, 5.74) is 1.28. The maximum atomic E-state index is 12.5. The molecular formula is C24H27NO5. The minimum atomic E-state index is -0.937. The second kappa shape index (κ2) is 9.87. The number of rotatable bonds is 7. The third-order valence-electron chi connectivity index (χ3n) is 4.30.